The van der Waals surface area contributed by atoms with Gasteiger partial charge in [-0.15, -0.1) is 0 Å². The van der Waals surface area contributed by atoms with Gasteiger partial charge in [0.05, 0.1) is 12.9 Å². The molecule has 0 radical (unpaired) electrons. The molecular formula is C14H21F2NO4S. The summed E-state index contributed by atoms with van der Waals surface area (Å²) in [5.41, 5.74) is 0.626. The van der Waals surface area contributed by atoms with Crippen LogP contribution in [0, 0.1) is 0 Å². The van der Waals surface area contributed by atoms with Crippen molar-refractivity contribution < 1.29 is 26.7 Å². The molecule has 0 atom stereocenters. The van der Waals surface area contributed by atoms with Crippen LogP contribution >= 0.6 is 0 Å². The van der Waals surface area contributed by atoms with Gasteiger partial charge in [-0.05, 0) is 24.1 Å². The van der Waals surface area contributed by atoms with E-state index < -0.39 is 16.6 Å². The summed E-state index contributed by atoms with van der Waals surface area (Å²) in [4.78, 5) is 0. The summed E-state index contributed by atoms with van der Waals surface area (Å²) in [6.45, 7) is -0.892. The van der Waals surface area contributed by atoms with Gasteiger partial charge in [-0.3, -0.25) is 0 Å². The van der Waals surface area contributed by atoms with Gasteiger partial charge in [0.25, 0.3) is 0 Å². The maximum absolute atomic E-state index is 12.3. The van der Waals surface area contributed by atoms with E-state index in [4.69, 9.17) is 4.74 Å². The van der Waals surface area contributed by atoms with Crippen LogP contribution in [0.3, 0.4) is 0 Å². The van der Waals surface area contributed by atoms with Gasteiger partial charge < -0.3 is 9.47 Å². The van der Waals surface area contributed by atoms with Crippen molar-refractivity contribution in [1.82, 2.24) is 4.31 Å². The molecule has 0 aliphatic carbocycles. The summed E-state index contributed by atoms with van der Waals surface area (Å²) in [7, 11) is -0.508. The van der Waals surface area contributed by atoms with Crippen molar-refractivity contribution in [3.63, 3.8) is 0 Å². The predicted octanol–water partition coefficient (Wildman–Crippen LogP) is 2.86. The van der Waals surface area contributed by atoms with Crippen LogP contribution < -0.4 is 9.47 Å². The third kappa shape index (κ3) is 5.42. The molecular weight excluding hydrogens is 316 g/mol. The van der Waals surface area contributed by atoms with E-state index in [2.05, 4.69) is 4.74 Å². The number of hydrogen-bond donors (Lipinski definition) is 0. The lowest BCUT2D eigenvalue weighted by molar-refractivity contribution is -0.0512. The van der Waals surface area contributed by atoms with E-state index in [0.29, 0.717) is 12.0 Å². The van der Waals surface area contributed by atoms with Crippen molar-refractivity contribution in [3.8, 4) is 11.5 Å². The maximum atomic E-state index is 12.3. The summed E-state index contributed by atoms with van der Waals surface area (Å²) < 4.78 is 59.1. The topological polar surface area (TPSA) is 55.8 Å². The van der Waals surface area contributed by atoms with E-state index in [1.54, 1.807) is 0 Å². The largest absolute Gasteiger partial charge is 0.493 e. The molecule has 5 nitrogen and oxygen atoms in total. The minimum Gasteiger partial charge on any atom is -0.493 e. The van der Waals surface area contributed by atoms with Gasteiger partial charge >= 0.3 is 6.61 Å². The second-order valence-corrected chi connectivity index (χ2v) is 6.98. The van der Waals surface area contributed by atoms with E-state index in [1.807, 2.05) is 6.92 Å². The molecule has 8 heteroatoms. The highest BCUT2D eigenvalue weighted by atomic mass is 32.2. The number of alkyl halides is 2. The lowest BCUT2D eigenvalue weighted by Crippen LogP contribution is -2.28. The molecule has 1 rings (SSSR count). The molecule has 1 aromatic rings. The number of halogens is 2. The van der Waals surface area contributed by atoms with Gasteiger partial charge in [-0.1, -0.05) is 19.4 Å². The Bertz CT molecular complexity index is 578. The molecule has 1 aromatic carbocycles. The highest BCUT2D eigenvalue weighted by molar-refractivity contribution is 7.89. The fourth-order valence-corrected chi connectivity index (χ4v) is 3.15. The summed E-state index contributed by atoms with van der Waals surface area (Å²) in [5, 5.41) is 0. The highest BCUT2D eigenvalue weighted by Gasteiger charge is 2.18. The maximum Gasteiger partial charge on any atom is 0.387 e. The molecule has 0 fully saturated rings. The fourth-order valence-electron chi connectivity index (χ4n) is 1.84. The van der Waals surface area contributed by atoms with Crippen molar-refractivity contribution in [2.45, 2.75) is 32.9 Å². The number of sulfonamides is 1. The number of unbranched alkanes of at least 4 members (excludes halogenated alkanes) is 1. The van der Waals surface area contributed by atoms with Crippen molar-refractivity contribution in [2.75, 3.05) is 19.9 Å². The molecule has 0 heterocycles. The van der Waals surface area contributed by atoms with Crippen LogP contribution in [0.5, 0.6) is 11.5 Å². The zero-order chi connectivity index (χ0) is 16.8. The Morgan fingerprint density at radius 3 is 2.50 bits per heavy atom. The third-order valence-corrected chi connectivity index (χ3v) is 4.96. The third-order valence-electron chi connectivity index (χ3n) is 3.08. The van der Waals surface area contributed by atoms with Gasteiger partial charge in [0, 0.05) is 13.6 Å². The first-order chi connectivity index (χ1) is 10.3. The first-order valence-corrected chi connectivity index (χ1v) is 8.46. The highest BCUT2D eigenvalue weighted by Crippen LogP contribution is 2.30. The summed E-state index contributed by atoms with van der Waals surface area (Å²) in [6, 6.07) is 4.36. The molecule has 0 aromatic heterocycles. The van der Waals surface area contributed by atoms with Crippen LogP contribution in [0.2, 0.25) is 0 Å². The number of methoxy groups -OCH3 is 1. The molecule has 0 spiro atoms. The van der Waals surface area contributed by atoms with Gasteiger partial charge in [0.2, 0.25) is 10.0 Å². The zero-order valence-electron chi connectivity index (χ0n) is 12.9. The van der Waals surface area contributed by atoms with E-state index >= 15 is 0 Å². The smallest absolute Gasteiger partial charge is 0.387 e. The number of rotatable bonds is 9. The number of nitrogens with zero attached hydrogens (tertiary/aromatic N) is 1. The molecule has 0 unspecified atom stereocenters. The molecule has 0 saturated carbocycles. The van der Waals surface area contributed by atoms with Crippen molar-refractivity contribution >= 4 is 10.0 Å². The van der Waals surface area contributed by atoms with Crippen molar-refractivity contribution in [1.29, 1.82) is 0 Å². The van der Waals surface area contributed by atoms with Crippen LogP contribution in [-0.4, -0.2) is 39.2 Å². The van der Waals surface area contributed by atoms with E-state index in [1.165, 1.54) is 36.7 Å². The van der Waals surface area contributed by atoms with E-state index in [9.17, 15) is 17.2 Å². The lowest BCUT2D eigenvalue weighted by atomic mass is 10.2. The summed E-state index contributed by atoms with van der Waals surface area (Å²) >= 11 is 0. The number of benzene rings is 1. The Kier molecular flexibility index (Phi) is 7.02. The van der Waals surface area contributed by atoms with Gasteiger partial charge in [-0.25, -0.2) is 12.7 Å². The molecule has 0 N–H and O–H groups in total. The summed E-state index contributed by atoms with van der Waals surface area (Å²) in [6.07, 6.45) is 1.39. The molecule has 0 aliphatic heterocycles. The van der Waals surface area contributed by atoms with Gasteiger partial charge in [-0.2, -0.15) is 8.78 Å². The predicted molar refractivity (Wildman–Crippen MR) is 79.8 cm³/mol. The molecule has 0 bridgehead atoms. The zero-order valence-corrected chi connectivity index (χ0v) is 13.7. The molecule has 0 aliphatic rings. The average molecular weight is 337 g/mol. The van der Waals surface area contributed by atoms with Crippen LogP contribution in [-0.2, 0) is 16.6 Å². The second-order valence-electron chi connectivity index (χ2n) is 4.79. The Labute approximate surface area is 129 Å². The first kappa shape index (κ1) is 18.6. The molecule has 0 saturated heterocycles. The molecule has 0 amide bonds. The second kappa shape index (κ2) is 8.28. The van der Waals surface area contributed by atoms with Crippen LogP contribution in [0.4, 0.5) is 8.78 Å². The quantitative estimate of drug-likeness (QED) is 0.695. The minimum atomic E-state index is -3.33. The van der Waals surface area contributed by atoms with Gasteiger partial charge in [0.1, 0.15) is 0 Å². The Balaban J connectivity index is 2.85. The van der Waals surface area contributed by atoms with Crippen LogP contribution in [0.25, 0.3) is 0 Å². The van der Waals surface area contributed by atoms with Crippen molar-refractivity contribution in [3.05, 3.63) is 23.8 Å². The SMILES string of the molecule is CCCCS(=O)(=O)N(C)Cc1ccc(OC(F)F)c(OC)c1. The van der Waals surface area contributed by atoms with E-state index in [-0.39, 0.29) is 23.8 Å². The average Bonchev–Trinajstić information content (AvgIpc) is 2.46. The Morgan fingerprint density at radius 2 is 1.95 bits per heavy atom. The van der Waals surface area contributed by atoms with Crippen LogP contribution in [0.1, 0.15) is 25.3 Å². The summed E-state index contributed by atoms with van der Waals surface area (Å²) in [5.74, 6) is 0.138. The monoisotopic (exact) mass is 337 g/mol. The minimum absolute atomic E-state index is 0.0854. The Morgan fingerprint density at radius 1 is 1.27 bits per heavy atom. The van der Waals surface area contributed by atoms with Crippen molar-refractivity contribution in [2.24, 2.45) is 0 Å². The Hall–Kier alpha value is -1.41. The van der Waals surface area contributed by atoms with E-state index in [0.717, 1.165) is 6.42 Å². The molecule has 126 valence electrons. The van der Waals surface area contributed by atoms with Crippen LogP contribution in [0.15, 0.2) is 18.2 Å². The standard InChI is InChI=1S/C14H21F2NO4S/c1-4-5-8-22(18,19)17(2)10-11-6-7-12(21-14(15)16)13(9-11)20-3/h6-7,9,14H,4-5,8,10H2,1-3H3. The number of hydrogen-bond acceptors (Lipinski definition) is 4. The normalized spacial score (nSPS) is 12.0. The first-order valence-electron chi connectivity index (χ1n) is 6.86. The number of ether oxygens (including phenoxy) is 2. The fraction of sp³-hybridized carbons (Fsp3) is 0.571. The molecule has 22 heavy (non-hydrogen) atoms. The lowest BCUT2D eigenvalue weighted by Gasteiger charge is -2.18. The van der Waals surface area contributed by atoms with Gasteiger partial charge in [0.15, 0.2) is 11.5 Å².